The Hall–Kier alpha value is -2.03. The maximum atomic E-state index is 13.8. The fraction of sp³-hybridized carbons (Fsp3) is 0.421. The zero-order valence-corrected chi connectivity index (χ0v) is 20.1. The lowest BCUT2D eigenvalue weighted by atomic mass is 9.99. The Labute approximate surface area is 200 Å². The predicted molar refractivity (Wildman–Crippen MR) is 117 cm³/mol. The molecule has 6 atom stereocenters. The molecule has 34 heavy (non-hydrogen) atoms. The number of halogens is 2. The molecule has 5 rings (SSSR count). The second-order valence-corrected chi connectivity index (χ2v) is 10.5. The maximum absolute atomic E-state index is 13.8. The summed E-state index contributed by atoms with van der Waals surface area (Å²) in [6.07, 6.45) is -2.49. The number of imidazole rings is 1. The molecule has 2 aliphatic heterocycles. The summed E-state index contributed by atoms with van der Waals surface area (Å²) in [5.74, 6) is -0.368. The molecule has 0 bridgehead atoms. The number of aliphatic hydroxyl groups is 2. The van der Waals surface area contributed by atoms with E-state index in [2.05, 4.69) is 30.9 Å². The van der Waals surface area contributed by atoms with Gasteiger partial charge in [-0.15, -0.1) is 0 Å². The first-order chi connectivity index (χ1) is 16.1. The van der Waals surface area contributed by atoms with E-state index in [1.54, 1.807) is 0 Å². The van der Waals surface area contributed by atoms with Crippen LogP contribution >= 0.6 is 23.8 Å². The average molecular weight is 560 g/mol. The number of rotatable bonds is 4. The summed E-state index contributed by atoms with van der Waals surface area (Å²) in [4.78, 5) is 12.1. The van der Waals surface area contributed by atoms with Gasteiger partial charge in [-0.25, -0.2) is 23.9 Å². The average Bonchev–Trinajstić information content (AvgIpc) is 3.30. The normalized spacial score (nSPS) is 34.0. The number of nitrogen functional groups attached to an aromatic ring is 1. The minimum absolute atomic E-state index is 0.0180. The molecule has 0 amide bonds. The van der Waals surface area contributed by atoms with Crippen molar-refractivity contribution in [1.82, 2.24) is 19.5 Å². The van der Waals surface area contributed by atoms with E-state index in [1.807, 2.05) is 0 Å². The second-order valence-electron chi connectivity index (χ2n) is 8.04. The lowest BCUT2D eigenvalue weighted by molar-refractivity contribution is -0.145. The summed E-state index contributed by atoms with van der Waals surface area (Å²) < 4.78 is 50.9. The Morgan fingerprint density at radius 3 is 2.97 bits per heavy atom. The number of fused-ring (bicyclic) bond motifs is 1. The van der Waals surface area contributed by atoms with Gasteiger partial charge in [0, 0.05) is 10.9 Å². The number of hydrogen-bond donors (Lipinski definition) is 3. The molecule has 2 fully saturated rings. The summed E-state index contributed by atoms with van der Waals surface area (Å²) in [5.41, 5.74) is 4.84. The molecule has 0 saturated carbocycles. The highest BCUT2D eigenvalue weighted by Gasteiger charge is 2.57. The van der Waals surface area contributed by atoms with Crippen molar-refractivity contribution < 1.29 is 37.5 Å². The van der Waals surface area contributed by atoms with Gasteiger partial charge in [0.15, 0.2) is 17.7 Å². The Morgan fingerprint density at radius 1 is 1.38 bits per heavy atom. The van der Waals surface area contributed by atoms with Crippen LogP contribution in [0.15, 0.2) is 35.3 Å². The third-order valence-corrected chi connectivity index (χ3v) is 7.88. The first kappa shape index (κ1) is 23.7. The second kappa shape index (κ2) is 8.57. The Morgan fingerprint density at radius 2 is 2.18 bits per heavy atom. The predicted octanol–water partition coefficient (Wildman–Crippen LogP) is 2.58. The van der Waals surface area contributed by atoms with Crippen molar-refractivity contribution in [1.29, 1.82) is 0 Å². The van der Waals surface area contributed by atoms with Crippen LogP contribution in [0.25, 0.3) is 11.2 Å². The fourth-order valence-electron chi connectivity index (χ4n) is 3.90. The van der Waals surface area contributed by atoms with Gasteiger partial charge in [-0.2, -0.15) is 0 Å². The molecule has 0 radical (unpaired) electrons. The van der Waals surface area contributed by atoms with Gasteiger partial charge in [-0.05, 0) is 30.7 Å². The lowest BCUT2D eigenvalue weighted by Gasteiger charge is -2.31. The number of phosphoric ester groups is 1. The van der Waals surface area contributed by atoms with Crippen LogP contribution in [0.3, 0.4) is 0 Å². The number of aromatic nitrogens is 4. The number of anilines is 1. The number of phosphoric acid groups is 1. The largest absolute Gasteiger partial charge is 0.477 e. The standard InChI is InChI=1S/C19H20BrFN5O7P/c1-19(28)14(27)17(31-18(19)26-8-25-13-15(22)23-7-24-16(13)26)33-34(29)30-5-4-12(32-34)10-6-9(21)2-3-11(10)20/h2-3,6-8,12,14,17-18,27-28H,4-5H2,1H3,(H2,22,23,24)/t12?,14-,17?,18-,19-,34?/m1/s1. The molecule has 0 aliphatic carbocycles. The van der Waals surface area contributed by atoms with E-state index in [0.717, 1.165) is 0 Å². The molecule has 0 spiro atoms. The molecule has 15 heteroatoms. The first-order valence-electron chi connectivity index (χ1n) is 10.1. The van der Waals surface area contributed by atoms with Crippen LogP contribution in [0.5, 0.6) is 0 Å². The molecule has 12 nitrogen and oxygen atoms in total. The molecular formula is C19H20BrFN5O7P. The number of benzene rings is 1. The summed E-state index contributed by atoms with van der Waals surface area (Å²) in [7, 11) is -4.28. The molecule has 4 N–H and O–H groups in total. The SMILES string of the molecule is C[C@@]1(O)[C@H](O)C(OP2(=O)OCCC(c3cc(F)ccc3Br)O2)O[C@H]1n1cnc2c(N)ncnc21. The number of ether oxygens (including phenoxy) is 1. The highest BCUT2D eigenvalue weighted by Crippen LogP contribution is 2.60. The zero-order valence-electron chi connectivity index (χ0n) is 17.6. The van der Waals surface area contributed by atoms with Crippen molar-refractivity contribution >= 4 is 40.7 Å². The molecule has 2 aliphatic rings. The van der Waals surface area contributed by atoms with Gasteiger partial charge in [-0.1, -0.05) is 15.9 Å². The van der Waals surface area contributed by atoms with Crippen molar-refractivity contribution in [3.8, 4) is 0 Å². The Bertz CT molecular complexity index is 1290. The van der Waals surface area contributed by atoms with E-state index < -0.39 is 44.0 Å². The van der Waals surface area contributed by atoms with Gasteiger partial charge < -0.3 is 20.7 Å². The fourth-order valence-corrected chi connectivity index (χ4v) is 5.85. The van der Waals surface area contributed by atoms with E-state index in [9.17, 15) is 19.2 Å². The van der Waals surface area contributed by atoms with Gasteiger partial charge in [0.05, 0.1) is 19.0 Å². The Balaban J connectivity index is 1.39. The van der Waals surface area contributed by atoms with Gasteiger partial charge in [0.1, 0.15) is 29.4 Å². The summed E-state index contributed by atoms with van der Waals surface area (Å²) >= 11 is 3.33. The van der Waals surface area contributed by atoms with E-state index >= 15 is 0 Å². The monoisotopic (exact) mass is 559 g/mol. The number of nitrogens with zero attached hydrogens (tertiary/aromatic N) is 4. The third kappa shape index (κ3) is 4.03. The first-order valence-corrected chi connectivity index (χ1v) is 12.4. The van der Waals surface area contributed by atoms with Crippen molar-refractivity contribution in [2.75, 3.05) is 12.3 Å². The van der Waals surface area contributed by atoms with Crippen LogP contribution in [0, 0.1) is 5.82 Å². The van der Waals surface area contributed by atoms with E-state index in [-0.39, 0.29) is 30.0 Å². The zero-order chi connectivity index (χ0) is 24.3. The minimum atomic E-state index is -4.28. The maximum Gasteiger partial charge on any atom is 0.477 e. The molecule has 3 unspecified atom stereocenters. The number of nitrogens with two attached hydrogens (primary N) is 1. The highest BCUT2D eigenvalue weighted by atomic mass is 79.9. The summed E-state index contributed by atoms with van der Waals surface area (Å²) in [6.45, 7) is 1.29. The highest BCUT2D eigenvalue weighted by molar-refractivity contribution is 9.10. The van der Waals surface area contributed by atoms with Gasteiger partial charge in [0.2, 0.25) is 6.29 Å². The molecule has 4 heterocycles. The smallest absolute Gasteiger partial charge is 0.385 e. The summed E-state index contributed by atoms with van der Waals surface area (Å²) in [6, 6.07) is 4.03. The van der Waals surface area contributed by atoms with E-state index in [1.165, 1.54) is 42.3 Å². The van der Waals surface area contributed by atoms with Gasteiger partial charge >= 0.3 is 7.82 Å². The molecule has 3 aromatic rings. The molecule has 2 saturated heterocycles. The van der Waals surface area contributed by atoms with Crippen LogP contribution in [-0.2, 0) is 22.9 Å². The van der Waals surface area contributed by atoms with Crippen LogP contribution in [0.2, 0.25) is 0 Å². The third-order valence-electron chi connectivity index (χ3n) is 5.68. The Kier molecular flexibility index (Phi) is 5.97. The molecular weight excluding hydrogens is 540 g/mol. The van der Waals surface area contributed by atoms with Gasteiger partial charge in [-0.3, -0.25) is 18.1 Å². The summed E-state index contributed by atoms with van der Waals surface area (Å²) in [5, 5.41) is 21.7. The van der Waals surface area contributed by atoms with Crippen LogP contribution in [0.1, 0.15) is 31.2 Å². The quantitative estimate of drug-likeness (QED) is 0.402. The topological polar surface area (TPSA) is 164 Å². The van der Waals surface area contributed by atoms with Crippen LogP contribution in [0.4, 0.5) is 10.2 Å². The molecule has 1 aromatic carbocycles. The lowest BCUT2D eigenvalue weighted by Crippen LogP contribution is -2.44. The number of aliphatic hydroxyl groups excluding tert-OH is 1. The van der Waals surface area contributed by atoms with Gasteiger partial charge in [0.25, 0.3) is 0 Å². The van der Waals surface area contributed by atoms with Crippen LogP contribution < -0.4 is 5.73 Å². The minimum Gasteiger partial charge on any atom is -0.385 e. The number of hydrogen-bond acceptors (Lipinski definition) is 11. The van der Waals surface area contributed by atoms with Crippen molar-refractivity contribution in [3.05, 3.63) is 46.7 Å². The van der Waals surface area contributed by atoms with Crippen molar-refractivity contribution in [3.63, 3.8) is 0 Å². The van der Waals surface area contributed by atoms with E-state index in [4.69, 9.17) is 24.0 Å². The molecule has 2 aromatic heterocycles. The molecule has 182 valence electrons. The van der Waals surface area contributed by atoms with E-state index in [0.29, 0.717) is 10.0 Å². The van der Waals surface area contributed by atoms with Crippen molar-refractivity contribution in [2.45, 2.75) is 43.7 Å². The van der Waals surface area contributed by atoms with Crippen molar-refractivity contribution in [2.24, 2.45) is 0 Å². The van der Waals surface area contributed by atoms with Crippen LogP contribution in [-0.4, -0.2) is 54.3 Å².